The van der Waals surface area contributed by atoms with E-state index in [1.54, 1.807) is 0 Å². The van der Waals surface area contributed by atoms with Gasteiger partial charge >= 0.3 is 0 Å². The van der Waals surface area contributed by atoms with Crippen LogP contribution in [0.4, 0.5) is 0 Å². The van der Waals surface area contributed by atoms with E-state index in [0.29, 0.717) is 6.42 Å². The van der Waals surface area contributed by atoms with E-state index >= 15 is 0 Å². The molecule has 0 fully saturated rings. The van der Waals surface area contributed by atoms with Gasteiger partial charge in [-0.05, 0) is 53.7 Å². The maximum Gasteiger partial charge on any atom is 0.226 e. The number of aromatic hydroxyl groups is 1. The molecule has 3 rings (SSSR count). The standard InChI is InChI=1S/C24H18O3/c1-2-18-7-9-19(10-8-18)5-3-4-6-20-11-13-21(14-12-20)17-23-24(26)22(25)15-16-27-23/h7-16,26H,2,17H2,1H3. The lowest BCUT2D eigenvalue weighted by Crippen LogP contribution is -2.01. The van der Waals surface area contributed by atoms with Gasteiger partial charge in [0.05, 0.1) is 6.26 Å². The Balaban J connectivity index is 1.66. The van der Waals surface area contributed by atoms with Gasteiger partial charge in [0, 0.05) is 23.6 Å². The van der Waals surface area contributed by atoms with Gasteiger partial charge in [-0.15, -0.1) is 0 Å². The Morgan fingerprint density at radius 3 is 1.96 bits per heavy atom. The lowest BCUT2D eigenvalue weighted by molar-refractivity contribution is 0.405. The summed E-state index contributed by atoms with van der Waals surface area (Å²) in [7, 11) is 0. The molecule has 0 radical (unpaired) electrons. The van der Waals surface area contributed by atoms with E-state index in [1.165, 1.54) is 17.9 Å². The molecule has 0 unspecified atom stereocenters. The molecule has 0 spiro atoms. The summed E-state index contributed by atoms with van der Waals surface area (Å²) >= 11 is 0. The molecule has 0 aliphatic carbocycles. The highest BCUT2D eigenvalue weighted by Gasteiger charge is 2.08. The molecule has 0 saturated carbocycles. The molecule has 3 aromatic rings. The SMILES string of the molecule is CCc1ccc(C#CC#Cc2ccc(Cc3occc(=O)c3O)cc2)cc1. The Bertz CT molecular complexity index is 1100. The number of aryl methyl sites for hydroxylation is 1. The Morgan fingerprint density at radius 1 is 0.852 bits per heavy atom. The van der Waals surface area contributed by atoms with Crippen molar-refractivity contribution in [3.05, 3.63) is 99.1 Å². The van der Waals surface area contributed by atoms with Gasteiger partial charge in [-0.3, -0.25) is 4.79 Å². The summed E-state index contributed by atoms with van der Waals surface area (Å²) in [5.41, 5.74) is 3.54. The topological polar surface area (TPSA) is 50.4 Å². The van der Waals surface area contributed by atoms with E-state index in [0.717, 1.165) is 23.1 Å². The quantitative estimate of drug-likeness (QED) is 0.726. The second kappa shape index (κ2) is 8.61. The number of hydrogen-bond donors (Lipinski definition) is 1. The highest BCUT2D eigenvalue weighted by atomic mass is 16.4. The van der Waals surface area contributed by atoms with Gasteiger partial charge in [0.1, 0.15) is 0 Å². The highest BCUT2D eigenvalue weighted by Crippen LogP contribution is 2.16. The zero-order chi connectivity index (χ0) is 19.1. The number of benzene rings is 2. The van der Waals surface area contributed by atoms with Gasteiger partial charge in [0.15, 0.2) is 5.76 Å². The van der Waals surface area contributed by atoms with Crippen molar-refractivity contribution >= 4 is 0 Å². The normalized spacial score (nSPS) is 9.67. The van der Waals surface area contributed by atoms with Crippen LogP contribution in [0.2, 0.25) is 0 Å². The minimum atomic E-state index is -0.443. The first-order chi connectivity index (χ1) is 13.2. The third kappa shape index (κ3) is 4.91. The van der Waals surface area contributed by atoms with Gasteiger partial charge in [-0.1, -0.05) is 43.0 Å². The molecule has 0 saturated heterocycles. The van der Waals surface area contributed by atoms with Crippen LogP contribution in [0.5, 0.6) is 5.75 Å². The van der Waals surface area contributed by atoms with Crippen LogP contribution in [0.15, 0.2) is 70.1 Å². The van der Waals surface area contributed by atoms with Crippen molar-refractivity contribution in [2.24, 2.45) is 0 Å². The minimum Gasteiger partial charge on any atom is -0.502 e. The van der Waals surface area contributed by atoms with Crippen molar-refractivity contribution in [3.63, 3.8) is 0 Å². The molecule has 0 aliphatic heterocycles. The first-order valence-corrected chi connectivity index (χ1v) is 8.65. The predicted molar refractivity (Wildman–Crippen MR) is 105 cm³/mol. The van der Waals surface area contributed by atoms with Gasteiger partial charge in [-0.2, -0.15) is 0 Å². The Morgan fingerprint density at radius 2 is 1.41 bits per heavy atom. The third-order valence-corrected chi connectivity index (χ3v) is 4.08. The third-order valence-electron chi connectivity index (χ3n) is 4.08. The van der Waals surface area contributed by atoms with Crippen molar-refractivity contribution < 1.29 is 9.52 Å². The van der Waals surface area contributed by atoms with Crippen molar-refractivity contribution in [1.82, 2.24) is 0 Å². The van der Waals surface area contributed by atoms with Crippen LogP contribution in [0, 0.1) is 23.7 Å². The Hall–Kier alpha value is -3.69. The largest absolute Gasteiger partial charge is 0.502 e. The summed E-state index contributed by atoms with van der Waals surface area (Å²) in [5.74, 6) is 11.7. The number of rotatable bonds is 3. The number of hydrogen-bond acceptors (Lipinski definition) is 3. The summed E-state index contributed by atoms with van der Waals surface area (Å²) in [5, 5.41) is 9.74. The van der Waals surface area contributed by atoms with Crippen molar-refractivity contribution in [3.8, 4) is 29.4 Å². The Labute approximate surface area is 158 Å². The molecule has 0 aliphatic rings. The van der Waals surface area contributed by atoms with Gasteiger partial charge in [0.2, 0.25) is 11.2 Å². The molecule has 0 bridgehead atoms. The first kappa shape index (κ1) is 18.1. The van der Waals surface area contributed by atoms with E-state index in [2.05, 4.69) is 42.7 Å². The lowest BCUT2D eigenvalue weighted by Gasteiger charge is -2.02. The average Bonchev–Trinajstić information content (AvgIpc) is 2.70. The van der Waals surface area contributed by atoms with Crippen molar-refractivity contribution in [2.45, 2.75) is 19.8 Å². The maximum atomic E-state index is 11.4. The highest BCUT2D eigenvalue weighted by molar-refractivity contribution is 5.45. The van der Waals surface area contributed by atoms with Crippen LogP contribution in [-0.2, 0) is 12.8 Å². The van der Waals surface area contributed by atoms with Crippen molar-refractivity contribution in [2.75, 3.05) is 0 Å². The molecule has 1 heterocycles. The van der Waals surface area contributed by atoms with E-state index < -0.39 is 5.43 Å². The molecule has 1 aromatic heterocycles. The van der Waals surface area contributed by atoms with Crippen LogP contribution >= 0.6 is 0 Å². The summed E-state index contributed by atoms with van der Waals surface area (Å²) in [4.78, 5) is 11.4. The lowest BCUT2D eigenvalue weighted by atomic mass is 10.1. The zero-order valence-electron chi connectivity index (χ0n) is 15.0. The van der Waals surface area contributed by atoms with E-state index in [1.807, 2.05) is 36.4 Å². The second-order valence-electron chi connectivity index (χ2n) is 5.98. The van der Waals surface area contributed by atoms with Crippen LogP contribution in [0.3, 0.4) is 0 Å². The molecule has 27 heavy (non-hydrogen) atoms. The summed E-state index contributed by atoms with van der Waals surface area (Å²) in [6, 6.07) is 16.8. The van der Waals surface area contributed by atoms with Gasteiger partial charge < -0.3 is 9.52 Å². The van der Waals surface area contributed by atoms with Gasteiger partial charge in [-0.25, -0.2) is 0 Å². The van der Waals surface area contributed by atoms with Crippen molar-refractivity contribution in [1.29, 1.82) is 0 Å². The molecule has 132 valence electrons. The fraction of sp³-hybridized carbons (Fsp3) is 0.125. The van der Waals surface area contributed by atoms with Crippen LogP contribution in [0.25, 0.3) is 0 Å². The predicted octanol–water partition coefficient (Wildman–Crippen LogP) is 3.90. The van der Waals surface area contributed by atoms with Crippen LogP contribution in [0.1, 0.15) is 34.9 Å². The average molecular weight is 354 g/mol. The fourth-order valence-electron chi connectivity index (χ4n) is 2.50. The molecule has 1 N–H and O–H groups in total. The first-order valence-electron chi connectivity index (χ1n) is 8.65. The molecule has 2 aromatic carbocycles. The Kier molecular flexibility index (Phi) is 5.77. The zero-order valence-corrected chi connectivity index (χ0v) is 15.0. The summed E-state index contributed by atoms with van der Waals surface area (Å²) in [6.07, 6.45) is 2.63. The molecule has 0 amide bonds. The maximum absolute atomic E-state index is 11.4. The van der Waals surface area contributed by atoms with E-state index in [9.17, 15) is 9.90 Å². The monoisotopic (exact) mass is 354 g/mol. The minimum absolute atomic E-state index is 0.251. The second-order valence-corrected chi connectivity index (χ2v) is 5.98. The molecule has 3 nitrogen and oxygen atoms in total. The summed E-state index contributed by atoms with van der Waals surface area (Å²) in [6.45, 7) is 2.12. The van der Waals surface area contributed by atoms with Crippen LogP contribution < -0.4 is 5.43 Å². The molecule has 0 atom stereocenters. The van der Waals surface area contributed by atoms with Crippen LogP contribution in [-0.4, -0.2) is 5.11 Å². The van der Waals surface area contributed by atoms with Gasteiger partial charge in [0.25, 0.3) is 0 Å². The molecular weight excluding hydrogens is 336 g/mol. The fourth-order valence-corrected chi connectivity index (χ4v) is 2.50. The van der Waals surface area contributed by atoms with E-state index in [-0.39, 0.29) is 11.5 Å². The summed E-state index contributed by atoms with van der Waals surface area (Å²) < 4.78 is 5.21. The van der Waals surface area contributed by atoms with E-state index in [4.69, 9.17) is 4.42 Å². The smallest absolute Gasteiger partial charge is 0.226 e. The molecule has 3 heteroatoms. The molecular formula is C24H18O3.